The fourth-order valence-corrected chi connectivity index (χ4v) is 5.87. The van der Waals surface area contributed by atoms with E-state index in [4.69, 9.17) is 23.2 Å². The van der Waals surface area contributed by atoms with Crippen molar-refractivity contribution in [2.24, 2.45) is 5.41 Å². The summed E-state index contributed by atoms with van der Waals surface area (Å²) in [5.74, 6) is -0.703. The molecule has 0 fully saturated rings. The van der Waals surface area contributed by atoms with Gasteiger partial charge in [-0.2, -0.15) is 0 Å². The van der Waals surface area contributed by atoms with Gasteiger partial charge < -0.3 is 5.11 Å². The van der Waals surface area contributed by atoms with E-state index in [1.807, 2.05) is 67.6 Å². The summed E-state index contributed by atoms with van der Waals surface area (Å²) >= 11 is 13.4. The van der Waals surface area contributed by atoms with E-state index >= 15 is 0 Å². The number of aryl methyl sites for hydroxylation is 1. The van der Waals surface area contributed by atoms with Gasteiger partial charge in [-0.25, -0.2) is 0 Å². The number of hydrogen-bond acceptors (Lipinski definition) is 3. The van der Waals surface area contributed by atoms with Crippen LogP contribution >= 0.6 is 23.2 Å². The molecule has 0 spiro atoms. The van der Waals surface area contributed by atoms with E-state index in [2.05, 4.69) is 13.8 Å². The maximum Gasteiger partial charge on any atom is 0.162 e. The molecule has 0 radical (unpaired) electrons. The number of ketones is 1. The zero-order chi connectivity index (χ0) is 26.5. The number of halogens is 2. The number of aliphatic hydroxyl groups excluding tert-OH is 1. The molecule has 3 aromatic carbocycles. The predicted octanol–water partition coefficient (Wildman–Crippen LogP) is 8.50. The quantitative estimate of drug-likeness (QED) is 0.333. The zero-order valence-corrected chi connectivity index (χ0v) is 22.5. The van der Waals surface area contributed by atoms with Gasteiger partial charge in [0.05, 0.1) is 10.7 Å². The summed E-state index contributed by atoms with van der Waals surface area (Å²) in [5.41, 5.74) is 4.19. The number of aliphatic hydroxyl groups is 1. The molecular formula is C31H28Cl2N2O2. The van der Waals surface area contributed by atoms with Crippen LogP contribution in [0, 0.1) is 17.7 Å². The molecule has 0 aromatic heterocycles. The van der Waals surface area contributed by atoms with Crippen LogP contribution in [-0.2, 0) is 4.79 Å². The average molecular weight is 531 g/mol. The minimum Gasteiger partial charge on any atom is -0.507 e. The van der Waals surface area contributed by atoms with E-state index in [-0.39, 0.29) is 22.8 Å². The van der Waals surface area contributed by atoms with E-state index in [0.717, 1.165) is 11.3 Å². The Morgan fingerprint density at radius 2 is 1.57 bits per heavy atom. The van der Waals surface area contributed by atoms with Gasteiger partial charge in [0.25, 0.3) is 0 Å². The first kappa shape index (κ1) is 25.3. The Morgan fingerprint density at radius 3 is 2.22 bits per heavy atom. The van der Waals surface area contributed by atoms with Gasteiger partial charge in [-0.05, 0) is 42.5 Å². The van der Waals surface area contributed by atoms with Crippen LogP contribution in [0.3, 0.4) is 0 Å². The van der Waals surface area contributed by atoms with E-state index in [1.54, 1.807) is 17.0 Å². The van der Waals surface area contributed by atoms with Crippen molar-refractivity contribution in [2.45, 2.75) is 39.5 Å². The lowest BCUT2D eigenvalue weighted by Crippen LogP contribution is -2.45. The third-order valence-electron chi connectivity index (χ3n) is 7.11. The molecule has 2 aliphatic rings. The van der Waals surface area contributed by atoms with E-state index in [0.29, 0.717) is 50.8 Å². The summed E-state index contributed by atoms with van der Waals surface area (Å²) in [4.78, 5) is 15.7. The number of benzene rings is 3. The van der Waals surface area contributed by atoms with Crippen molar-refractivity contribution < 1.29 is 9.90 Å². The second-order valence-corrected chi connectivity index (χ2v) is 11.3. The van der Waals surface area contributed by atoms with Gasteiger partial charge in [0.1, 0.15) is 11.6 Å². The SMILES string of the molecule is Cc1ccc(/C(O)=C2\C(=N)N(c3ccccc3Cl)C3=C(C(=O)CC(C)(C)C3)C2c2ccccc2Cl)cc1. The highest BCUT2D eigenvalue weighted by molar-refractivity contribution is 6.35. The number of nitrogens with one attached hydrogen (secondary N) is 1. The molecule has 0 amide bonds. The Hall–Kier alpha value is -3.34. The summed E-state index contributed by atoms with van der Waals surface area (Å²) in [6, 6.07) is 22.1. The monoisotopic (exact) mass is 530 g/mol. The zero-order valence-electron chi connectivity index (χ0n) is 21.0. The predicted molar refractivity (Wildman–Crippen MR) is 152 cm³/mol. The van der Waals surface area contributed by atoms with Crippen LogP contribution in [-0.4, -0.2) is 16.7 Å². The number of amidine groups is 1. The summed E-state index contributed by atoms with van der Waals surface area (Å²) in [6.45, 7) is 6.09. The third-order valence-corrected chi connectivity index (χ3v) is 7.78. The minimum atomic E-state index is -0.695. The molecule has 1 unspecified atom stereocenters. The Bertz CT molecular complexity index is 1490. The number of allylic oxidation sites excluding steroid dienone is 2. The Labute approximate surface area is 227 Å². The van der Waals surface area contributed by atoms with Crippen LogP contribution in [0.25, 0.3) is 5.76 Å². The number of carbonyl (C=O) groups is 1. The molecule has 0 saturated carbocycles. The topological polar surface area (TPSA) is 64.4 Å². The van der Waals surface area contributed by atoms with Gasteiger partial charge in [-0.15, -0.1) is 0 Å². The maximum absolute atomic E-state index is 13.9. The lowest BCUT2D eigenvalue weighted by Gasteiger charge is -2.45. The highest BCUT2D eigenvalue weighted by Crippen LogP contribution is 2.52. The number of rotatable bonds is 3. The van der Waals surface area contributed by atoms with Gasteiger partial charge in [0.2, 0.25) is 0 Å². The van der Waals surface area contributed by atoms with Crippen molar-refractivity contribution in [1.29, 1.82) is 5.41 Å². The molecule has 1 aliphatic carbocycles. The first-order valence-corrected chi connectivity index (χ1v) is 13.0. The number of hydrogen-bond donors (Lipinski definition) is 2. The second-order valence-electron chi connectivity index (χ2n) is 10.5. The van der Waals surface area contributed by atoms with E-state index in [9.17, 15) is 15.3 Å². The summed E-state index contributed by atoms with van der Waals surface area (Å²) in [7, 11) is 0. The molecule has 0 bridgehead atoms. The van der Waals surface area contributed by atoms with E-state index < -0.39 is 5.92 Å². The summed E-state index contributed by atoms with van der Waals surface area (Å²) in [6.07, 6.45) is 0.927. The number of Topliss-reactive ketones (excluding diaryl/α,β-unsaturated/α-hetero) is 1. The number of para-hydroxylation sites is 1. The molecule has 1 atom stereocenters. The second kappa shape index (κ2) is 9.51. The van der Waals surface area contributed by atoms with Crippen molar-refractivity contribution in [3.05, 3.63) is 116 Å². The van der Waals surface area contributed by atoms with Crippen LogP contribution in [0.1, 0.15) is 49.3 Å². The molecule has 37 heavy (non-hydrogen) atoms. The first-order valence-electron chi connectivity index (χ1n) is 12.2. The molecule has 1 aliphatic heterocycles. The minimum absolute atomic E-state index is 0.0186. The van der Waals surface area contributed by atoms with Crippen LogP contribution in [0.2, 0.25) is 10.0 Å². The van der Waals surface area contributed by atoms with Crippen LogP contribution in [0.5, 0.6) is 0 Å². The molecule has 1 heterocycles. The summed E-state index contributed by atoms with van der Waals surface area (Å²) in [5, 5.41) is 22.2. The Morgan fingerprint density at radius 1 is 0.946 bits per heavy atom. The standard InChI is InChI=1S/C31H28Cl2N2O2/c1-18-12-14-19(15-13-18)29(37)28-26(20-8-4-5-9-21(20)32)27-24(16-31(2,3)17-25(27)36)35(30(28)34)23-11-7-6-10-22(23)33/h4-15,26,34,37H,16-17H2,1-3H3/b29-28+,34-30?. The molecule has 5 rings (SSSR count). The Balaban J connectivity index is 1.89. The molecule has 0 saturated heterocycles. The fourth-order valence-electron chi connectivity index (χ4n) is 5.40. The molecule has 188 valence electrons. The van der Waals surface area contributed by atoms with Gasteiger partial charge in [0, 0.05) is 39.8 Å². The third kappa shape index (κ3) is 4.49. The number of anilines is 1. The fraction of sp³-hybridized carbons (Fsp3) is 0.226. The van der Waals surface area contributed by atoms with Crippen molar-refractivity contribution in [3.63, 3.8) is 0 Å². The maximum atomic E-state index is 13.9. The van der Waals surface area contributed by atoms with E-state index in [1.165, 1.54) is 0 Å². The highest BCUT2D eigenvalue weighted by Gasteiger charge is 2.47. The number of carbonyl (C=O) groups excluding carboxylic acids is 1. The number of nitrogens with zero attached hydrogens (tertiary/aromatic N) is 1. The smallest absolute Gasteiger partial charge is 0.162 e. The normalized spacial score (nSPS) is 20.7. The van der Waals surface area contributed by atoms with Crippen LogP contribution in [0.15, 0.2) is 89.6 Å². The van der Waals surface area contributed by atoms with Crippen LogP contribution in [0.4, 0.5) is 5.69 Å². The molecule has 3 aromatic rings. The lowest BCUT2D eigenvalue weighted by atomic mass is 9.67. The average Bonchev–Trinajstić information content (AvgIpc) is 2.84. The molecular weight excluding hydrogens is 503 g/mol. The molecule has 6 heteroatoms. The largest absolute Gasteiger partial charge is 0.507 e. The van der Waals surface area contributed by atoms with Crippen molar-refractivity contribution in [1.82, 2.24) is 0 Å². The van der Waals surface area contributed by atoms with Crippen molar-refractivity contribution in [2.75, 3.05) is 4.90 Å². The van der Waals surface area contributed by atoms with Gasteiger partial charge in [-0.3, -0.25) is 15.1 Å². The summed E-state index contributed by atoms with van der Waals surface area (Å²) < 4.78 is 0. The molecule has 2 N–H and O–H groups in total. The van der Waals surface area contributed by atoms with Crippen LogP contribution < -0.4 is 4.90 Å². The first-order chi connectivity index (χ1) is 17.6. The van der Waals surface area contributed by atoms with Gasteiger partial charge in [0.15, 0.2) is 5.78 Å². The highest BCUT2D eigenvalue weighted by atomic mass is 35.5. The van der Waals surface area contributed by atoms with Gasteiger partial charge in [-0.1, -0.05) is 97.2 Å². The van der Waals surface area contributed by atoms with Crippen molar-refractivity contribution in [3.8, 4) is 0 Å². The van der Waals surface area contributed by atoms with Crippen molar-refractivity contribution >= 4 is 46.3 Å². The Kier molecular flexibility index (Phi) is 6.51. The molecule has 4 nitrogen and oxygen atoms in total. The lowest BCUT2D eigenvalue weighted by molar-refractivity contribution is -0.118. The van der Waals surface area contributed by atoms with Gasteiger partial charge >= 0.3 is 0 Å².